The van der Waals surface area contributed by atoms with Crippen molar-refractivity contribution in [1.82, 2.24) is 15.1 Å². The van der Waals surface area contributed by atoms with Gasteiger partial charge >= 0.3 is 5.97 Å². The molecule has 0 saturated carbocycles. The van der Waals surface area contributed by atoms with Crippen LogP contribution in [-0.4, -0.2) is 34.4 Å². The normalized spacial score (nSPS) is 17.5. The van der Waals surface area contributed by atoms with Crippen LogP contribution in [0.3, 0.4) is 0 Å². The van der Waals surface area contributed by atoms with Crippen molar-refractivity contribution in [2.75, 3.05) is 13.6 Å². The third-order valence-electron chi connectivity index (χ3n) is 3.60. The molecule has 0 aromatic carbocycles. The molecule has 0 unspecified atom stereocenters. The predicted octanol–water partition coefficient (Wildman–Crippen LogP) is 1.32. The molecule has 18 heavy (non-hydrogen) atoms. The number of aromatic carboxylic acids is 1. The summed E-state index contributed by atoms with van der Waals surface area (Å²) in [7, 11) is 1.85. The number of hydrogen-bond acceptors (Lipinski definition) is 3. The second-order valence-corrected chi connectivity index (χ2v) is 5.75. The van der Waals surface area contributed by atoms with Crippen LogP contribution in [0.5, 0.6) is 0 Å². The molecule has 0 radical (unpaired) electrons. The Bertz CT molecular complexity index is 463. The third kappa shape index (κ3) is 2.41. The number of rotatable bonds is 4. The van der Waals surface area contributed by atoms with E-state index < -0.39 is 5.97 Å². The lowest BCUT2D eigenvalue weighted by atomic mass is 9.76. The van der Waals surface area contributed by atoms with Crippen molar-refractivity contribution < 1.29 is 9.90 Å². The number of nitrogens with zero attached hydrogens (tertiary/aromatic N) is 2. The zero-order valence-corrected chi connectivity index (χ0v) is 11.3. The highest BCUT2D eigenvalue weighted by molar-refractivity contribution is 5.88. The highest BCUT2D eigenvalue weighted by Crippen LogP contribution is 2.35. The van der Waals surface area contributed by atoms with Gasteiger partial charge in [-0.15, -0.1) is 0 Å². The summed E-state index contributed by atoms with van der Waals surface area (Å²) in [4.78, 5) is 11.4. The summed E-state index contributed by atoms with van der Waals surface area (Å²) >= 11 is 0. The first kappa shape index (κ1) is 13.1. The van der Waals surface area contributed by atoms with E-state index in [9.17, 15) is 9.90 Å². The maximum absolute atomic E-state index is 11.4. The summed E-state index contributed by atoms with van der Waals surface area (Å²) in [6.07, 6.45) is 2.76. The van der Waals surface area contributed by atoms with Crippen LogP contribution in [0.4, 0.5) is 0 Å². The number of carbonyl (C=O) groups is 1. The standard InChI is InChI=1S/C13H21N3O2/c1-13(2)5-4-10-9(8-13)11(12(17)18)16(15-10)7-6-14-3/h14H,4-8H2,1-3H3,(H,17,18). The molecule has 2 rings (SSSR count). The van der Waals surface area contributed by atoms with Crippen molar-refractivity contribution in [2.45, 2.75) is 39.7 Å². The summed E-state index contributed by atoms with van der Waals surface area (Å²) in [6, 6.07) is 0. The number of carboxylic acid groups (broad SMARTS) is 1. The van der Waals surface area contributed by atoms with Gasteiger partial charge in [-0.05, 0) is 31.7 Å². The second-order valence-electron chi connectivity index (χ2n) is 5.75. The fourth-order valence-corrected chi connectivity index (χ4v) is 2.58. The third-order valence-corrected chi connectivity index (χ3v) is 3.60. The fraction of sp³-hybridized carbons (Fsp3) is 0.692. The van der Waals surface area contributed by atoms with Gasteiger partial charge in [-0.3, -0.25) is 4.68 Å². The van der Waals surface area contributed by atoms with Gasteiger partial charge in [0.2, 0.25) is 0 Å². The summed E-state index contributed by atoms with van der Waals surface area (Å²) < 4.78 is 1.64. The van der Waals surface area contributed by atoms with Gasteiger partial charge in [-0.25, -0.2) is 4.79 Å². The molecule has 0 spiro atoms. The average Bonchev–Trinajstić information content (AvgIpc) is 2.62. The molecule has 0 amide bonds. The minimum Gasteiger partial charge on any atom is -0.477 e. The SMILES string of the molecule is CNCCn1nc2c(c1C(=O)O)CC(C)(C)CC2. The second kappa shape index (κ2) is 4.72. The van der Waals surface area contributed by atoms with Crippen LogP contribution in [0.2, 0.25) is 0 Å². The highest BCUT2D eigenvalue weighted by atomic mass is 16.4. The van der Waals surface area contributed by atoms with Crippen molar-refractivity contribution in [1.29, 1.82) is 0 Å². The van der Waals surface area contributed by atoms with Crippen LogP contribution >= 0.6 is 0 Å². The smallest absolute Gasteiger partial charge is 0.354 e. The van der Waals surface area contributed by atoms with Gasteiger partial charge in [0.1, 0.15) is 5.69 Å². The van der Waals surface area contributed by atoms with E-state index >= 15 is 0 Å². The minimum absolute atomic E-state index is 0.175. The molecule has 0 aliphatic heterocycles. The number of nitrogens with one attached hydrogen (secondary N) is 1. The van der Waals surface area contributed by atoms with Gasteiger partial charge in [0.25, 0.3) is 0 Å². The molecule has 5 nitrogen and oxygen atoms in total. The first-order chi connectivity index (χ1) is 8.44. The van der Waals surface area contributed by atoms with Crippen LogP contribution in [0.1, 0.15) is 42.0 Å². The Morgan fingerprint density at radius 2 is 2.28 bits per heavy atom. The Kier molecular flexibility index (Phi) is 3.43. The molecule has 1 heterocycles. The van der Waals surface area contributed by atoms with Gasteiger partial charge in [-0.1, -0.05) is 13.8 Å². The van der Waals surface area contributed by atoms with E-state index in [1.54, 1.807) is 4.68 Å². The van der Waals surface area contributed by atoms with Crippen LogP contribution in [0.15, 0.2) is 0 Å². The van der Waals surface area contributed by atoms with E-state index in [1.165, 1.54) is 0 Å². The molecule has 1 aliphatic carbocycles. The Morgan fingerprint density at radius 3 is 2.89 bits per heavy atom. The molecule has 0 atom stereocenters. The summed E-state index contributed by atoms with van der Waals surface area (Å²) in [5, 5.41) is 16.9. The Balaban J connectivity index is 2.39. The van der Waals surface area contributed by atoms with Crippen molar-refractivity contribution in [3.05, 3.63) is 17.0 Å². The maximum atomic E-state index is 11.4. The Hall–Kier alpha value is -1.36. The zero-order valence-electron chi connectivity index (χ0n) is 11.3. The van der Waals surface area contributed by atoms with Crippen molar-refractivity contribution in [2.24, 2.45) is 5.41 Å². The number of fused-ring (bicyclic) bond motifs is 1. The van der Waals surface area contributed by atoms with Gasteiger partial charge in [-0.2, -0.15) is 5.10 Å². The van der Waals surface area contributed by atoms with E-state index in [1.807, 2.05) is 7.05 Å². The van der Waals surface area contributed by atoms with Gasteiger partial charge in [0.05, 0.1) is 12.2 Å². The molecule has 1 aromatic rings. The van der Waals surface area contributed by atoms with Crippen molar-refractivity contribution in [3.63, 3.8) is 0 Å². The maximum Gasteiger partial charge on any atom is 0.354 e. The summed E-state index contributed by atoms with van der Waals surface area (Å²) in [5.41, 5.74) is 2.47. The van der Waals surface area contributed by atoms with Crippen molar-refractivity contribution >= 4 is 5.97 Å². The fourth-order valence-electron chi connectivity index (χ4n) is 2.58. The molecule has 0 bridgehead atoms. The van der Waals surface area contributed by atoms with E-state index in [-0.39, 0.29) is 5.41 Å². The Labute approximate surface area is 107 Å². The summed E-state index contributed by atoms with van der Waals surface area (Å²) in [5.74, 6) is -0.863. The van der Waals surface area contributed by atoms with E-state index in [4.69, 9.17) is 0 Å². The van der Waals surface area contributed by atoms with Crippen LogP contribution < -0.4 is 5.32 Å². The monoisotopic (exact) mass is 251 g/mol. The predicted molar refractivity (Wildman–Crippen MR) is 68.9 cm³/mol. The molecule has 5 heteroatoms. The number of hydrogen-bond donors (Lipinski definition) is 2. The van der Waals surface area contributed by atoms with Crippen molar-refractivity contribution in [3.8, 4) is 0 Å². The molecule has 0 fully saturated rings. The first-order valence-corrected chi connectivity index (χ1v) is 6.41. The molecule has 0 saturated heterocycles. The number of likely N-dealkylation sites (N-methyl/N-ethyl adjacent to an activating group) is 1. The largest absolute Gasteiger partial charge is 0.477 e. The zero-order chi connectivity index (χ0) is 13.3. The van der Waals surface area contributed by atoms with Gasteiger partial charge < -0.3 is 10.4 Å². The lowest BCUT2D eigenvalue weighted by Gasteiger charge is -2.28. The van der Waals surface area contributed by atoms with Crippen LogP contribution in [-0.2, 0) is 19.4 Å². The molecule has 100 valence electrons. The van der Waals surface area contributed by atoms with E-state index in [2.05, 4.69) is 24.3 Å². The first-order valence-electron chi connectivity index (χ1n) is 6.41. The molecule has 1 aliphatic rings. The van der Waals surface area contributed by atoms with Crippen LogP contribution in [0, 0.1) is 5.41 Å². The average molecular weight is 251 g/mol. The number of aryl methyl sites for hydroxylation is 1. The van der Waals surface area contributed by atoms with Crippen LogP contribution in [0.25, 0.3) is 0 Å². The number of aromatic nitrogens is 2. The lowest BCUT2D eigenvalue weighted by molar-refractivity contribution is 0.0681. The Morgan fingerprint density at radius 1 is 1.56 bits per heavy atom. The highest BCUT2D eigenvalue weighted by Gasteiger charge is 2.32. The minimum atomic E-state index is -0.863. The molecule has 2 N–H and O–H groups in total. The van der Waals surface area contributed by atoms with Gasteiger partial charge in [0, 0.05) is 12.1 Å². The van der Waals surface area contributed by atoms with E-state index in [0.717, 1.165) is 37.1 Å². The lowest BCUT2D eigenvalue weighted by Crippen LogP contribution is -2.23. The summed E-state index contributed by atoms with van der Waals surface area (Å²) in [6.45, 7) is 5.70. The number of carboxylic acids is 1. The topological polar surface area (TPSA) is 67.2 Å². The molecule has 1 aromatic heterocycles. The molecular weight excluding hydrogens is 230 g/mol. The molecular formula is C13H21N3O2. The van der Waals surface area contributed by atoms with Gasteiger partial charge in [0.15, 0.2) is 0 Å². The quantitative estimate of drug-likeness (QED) is 0.847. The van der Waals surface area contributed by atoms with E-state index in [0.29, 0.717) is 12.2 Å².